The number of carbonyl (C=O) groups excluding carboxylic acids is 2. The third-order valence-corrected chi connectivity index (χ3v) is 5.34. The first-order chi connectivity index (χ1) is 16.0. The van der Waals surface area contributed by atoms with E-state index in [0.29, 0.717) is 28.0 Å². The molecule has 2 amide bonds. The number of hydrogen-bond acceptors (Lipinski definition) is 7. The van der Waals surface area contributed by atoms with Crippen LogP contribution >= 0.6 is 0 Å². The van der Waals surface area contributed by atoms with Gasteiger partial charge in [-0.05, 0) is 38.5 Å². The van der Waals surface area contributed by atoms with Crippen molar-refractivity contribution in [3.8, 4) is 5.88 Å². The third kappa shape index (κ3) is 4.70. The molecule has 4 rings (SSSR count). The molecule has 34 heavy (non-hydrogen) atoms. The first-order valence-corrected chi connectivity index (χ1v) is 10.2. The lowest BCUT2D eigenvalue weighted by Crippen LogP contribution is -2.27. The number of amides is 2. The van der Waals surface area contributed by atoms with Crippen molar-refractivity contribution in [3.63, 3.8) is 0 Å². The highest BCUT2D eigenvalue weighted by molar-refractivity contribution is 6.05. The van der Waals surface area contributed by atoms with Crippen LogP contribution in [0.3, 0.4) is 0 Å². The van der Waals surface area contributed by atoms with Gasteiger partial charge in [0.15, 0.2) is 12.3 Å². The van der Waals surface area contributed by atoms with Gasteiger partial charge in [-0.3, -0.25) is 9.59 Å². The summed E-state index contributed by atoms with van der Waals surface area (Å²) < 4.78 is 47.0. The van der Waals surface area contributed by atoms with E-state index >= 15 is 0 Å². The standard InChI is InChI=1S/C22H20F3N5O4/c1-11-6-14(8-27-20(11)33-10-22(23,24)25)13(3)30-9-16-15(21(30)32)4-5-26-18(16)28-19(31)17-7-12(2)34-29-17/h4-8,13H,9-10H2,1-3H3,(H,26,28,31). The van der Waals surface area contributed by atoms with Gasteiger partial charge in [-0.2, -0.15) is 13.2 Å². The second-order valence-electron chi connectivity index (χ2n) is 7.87. The molecule has 1 aliphatic rings. The monoisotopic (exact) mass is 475 g/mol. The summed E-state index contributed by atoms with van der Waals surface area (Å²) in [6, 6.07) is 4.23. The third-order valence-electron chi connectivity index (χ3n) is 5.34. The molecule has 12 heteroatoms. The Morgan fingerprint density at radius 3 is 2.71 bits per heavy atom. The van der Waals surface area contributed by atoms with E-state index in [9.17, 15) is 22.8 Å². The maximum Gasteiger partial charge on any atom is 0.422 e. The Balaban J connectivity index is 1.52. The molecular weight excluding hydrogens is 455 g/mol. The molecule has 0 spiro atoms. The highest BCUT2D eigenvalue weighted by Crippen LogP contribution is 2.35. The average molecular weight is 475 g/mol. The van der Waals surface area contributed by atoms with E-state index in [1.165, 1.54) is 18.5 Å². The lowest BCUT2D eigenvalue weighted by molar-refractivity contribution is -0.154. The van der Waals surface area contributed by atoms with E-state index in [1.807, 2.05) is 0 Å². The fraction of sp³-hybridized carbons (Fsp3) is 0.318. The lowest BCUT2D eigenvalue weighted by atomic mass is 10.1. The molecule has 1 atom stereocenters. The number of rotatable bonds is 6. The van der Waals surface area contributed by atoms with Gasteiger partial charge in [-0.25, -0.2) is 9.97 Å². The summed E-state index contributed by atoms with van der Waals surface area (Å²) in [4.78, 5) is 35.3. The van der Waals surface area contributed by atoms with Crippen molar-refractivity contribution in [2.75, 3.05) is 11.9 Å². The zero-order valence-electron chi connectivity index (χ0n) is 18.4. The Hall–Kier alpha value is -3.96. The van der Waals surface area contributed by atoms with Crippen LogP contribution in [-0.4, -0.2) is 44.6 Å². The highest BCUT2D eigenvalue weighted by atomic mass is 19.4. The number of aryl methyl sites for hydroxylation is 2. The Kier molecular flexibility index (Phi) is 5.98. The molecular formula is C22H20F3N5O4. The molecule has 1 unspecified atom stereocenters. The first kappa shape index (κ1) is 23.2. The van der Waals surface area contributed by atoms with Crippen LogP contribution in [-0.2, 0) is 6.54 Å². The summed E-state index contributed by atoms with van der Waals surface area (Å²) >= 11 is 0. The van der Waals surface area contributed by atoms with Gasteiger partial charge < -0.3 is 19.5 Å². The van der Waals surface area contributed by atoms with Crippen LogP contribution < -0.4 is 10.1 Å². The van der Waals surface area contributed by atoms with Crippen molar-refractivity contribution < 1.29 is 32.0 Å². The van der Waals surface area contributed by atoms with E-state index < -0.39 is 24.7 Å². The van der Waals surface area contributed by atoms with Crippen molar-refractivity contribution in [3.05, 3.63) is 64.3 Å². The molecule has 3 aromatic heterocycles. The number of fused-ring (bicyclic) bond motifs is 1. The van der Waals surface area contributed by atoms with E-state index in [-0.39, 0.29) is 29.8 Å². The molecule has 0 radical (unpaired) electrons. The minimum Gasteiger partial charge on any atom is -0.468 e. The Labute approximate surface area is 191 Å². The van der Waals surface area contributed by atoms with Gasteiger partial charge in [-0.1, -0.05) is 5.16 Å². The summed E-state index contributed by atoms with van der Waals surface area (Å²) in [6.07, 6.45) is -1.66. The molecule has 178 valence electrons. The molecule has 9 nitrogen and oxygen atoms in total. The van der Waals surface area contributed by atoms with E-state index in [2.05, 4.69) is 20.4 Å². The van der Waals surface area contributed by atoms with Gasteiger partial charge in [0.05, 0.1) is 12.6 Å². The summed E-state index contributed by atoms with van der Waals surface area (Å²) in [5, 5.41) is 6.34. The highest BCUT2D eigenvalue weighted by Gasteiger charge is 2.34. The summed E-state index contributed by atoms with van der Waals surface area (Å²) in [7, 11) is 0. The SMILES string of the molecule is Cc1cc(C(=O)Nc2nccc3c2CN(C(C)c2cnc(OCC(F)(F)F)c(C)c2)C3=O)no1. The topological polar surface area (TPSA) is 110 Å². The molecule has 3 aromatic rings. The maximum atomic E-state index is 13.1. The van der Waals surface area contributed by atoms with Gasteiger partial charge in [-0.15, -0.1) is 0 Å². The summed E-state index contributed by atoms with van der Waals surface area (Å²) in [5.74, 6) is -0.206. The maximum absolute atomic E-state index is 13.1. The fourth-order valence-corrected chi connectivity index (χ4v) is 3.61. The Morgan fingerprint density at radius 1 is 1.29 bits per heavy atom. The summed E-state index contributed by atoms with van der Waals surface area (Å²) in [5.41, 5.74) is 2.05. The average Bonchev–Trinajstić information content (AvgIpc) is 3.36. The van der Waals surface area contributed by atoms with E-state index in [0.717, 1.165) is 0 Å². The number of nitrogens with one attached hydrogen (secondary N) is 1. The first-order valence-electron chi connectivity index (χ1n) is 10.2. The van der Waals surface area contributed by atoms with Crippen LogP contribution in [0.15, 0.2) is 35.1 Å². The van der Waals surface area contributed by atoms with Crippen LogP contribution in [0, 0.1) is 13.8 Å². The van der Waals surface area contributed by atoms with Crippen LogP contribution in [0.4, 0.5) is 19.0 Å². The minimum atomic E-state index is -4.47. The van der Waals surface area contributed by atoms with Gasteiger partial charge in [0.25, 0.3) is 11.8 Å². The largest absolute Gasteiger partial charge is 0.468 e. The van der Waals surface area contributed by atoms with Crippen molar-refractivity contribution in [1.82, 2.24) is 20.0 Å². The summed E-state index contributed by atoms with van der Waals surface area (Å²) in [6.45, 7) is 3.75. The number of anilines is 1. The molecule has 0 aliphatic carbocycles. The molecule has 0 aromatic carbocycles. The van der Waals surface area contributed by atoms with Crippen LogP contribution in [0.25, 0.3) is 0 Å². The lowest BCUT2D eigenvalue weighted by Gasteiger charge is -2.25. The van der Waals surface area contributed by atoms with Crippen LogP contribution in [0.2, 0.25) is 0 Å². The fourth-order valence-electron chi connectivity index (χ4n) is 3.61. The minimum absolute atomic E-state index is 0.0841. The smallest absolute Gasteiger partial charge is 0.422 e. The molecule has 0 fully saturated rings. The number of hydrogen-bond donors (Lipinski definition) is 1. The Bertz CT molecular complexity index is 1260. The zero-order chi connectivity index (χ0) is 24.6. The van der Waals surface area contributed by atoms with Crippen molar-refractivity contribution in [1.29, 1.82) is 0 Å². The Morgan fingerprint density at radius 2 is 2.06 bits per heavy atom. The van der Waals surface area contributed by atoms with Crippen LogP contribution in [0.1, 0.15) is 56.3 Å². The van der Waals surface area contributed by atoms with Crippen molar-refractivity contribution in [2.24, 2.45) is 0 Å². The van der Waals surface area contributed by atoms with Gasteiger partial charge >= 0.3 is 6.18 Å². The predicted molar refractivity (Wildman–Crippen MR) is 112 cm³/mol. The normalized spacial score (nSPS) is 14.2. The number of nitrogens with zero attached hydrogens (tertiary/aromatic N) is 4. The molecule has 0 saturated heterocycles. The molecule has 4 heterocycles. The number of alkyl halides is 3. The zero-order valence-corrected chi connectivity index (χ0v) is 18.4. The second kappa shape index (κ2) is 8.76. The second-order valence-corrected chi connectivity index (χ2v) is 7.87. The van der Waals surface area contributed by atoms with Gasteiger partial charge in [0, 0.05) is 35.2 Å². The van der Waals surface area contributed by atoms with E-state index in [1.54, 1.807) is 37.8 Å². The predicted octanol–water partition coefficient (Wildman–Crippen LogP) is 3.99. The molecule has 0 bridgehead atoms. The van der Waals surface area contributed by atoms with Crippen molar-refractivity contribution >= 4 is 17.6 Å². The number of pyridine rings is 2. The van der Waals surface area contributed by atoms with Gasteiger partial charge in [0.2, 0.25) is 5.88 Å². The van der Waals surface area contributed by atoms with E-state index in [4.69, 9.17) is 9.26 Å². The molecule has 1 aliphatic heterocycles. The number of halogens is 3. The molecule has 0 saturated carbocycles. The quantitative estimate of drug-likeness (QED) is 0.574. The van der Waals surface area contributed by atoms with Crippen LogP contribution in [0.5, 0.6) is 5.88 Å². The van der Waals surface area contributed by atoms with Gasteiger partial charge in [0.1, 0.15) is 11.6 Å². The molecule has 1 N–H and O–H groups in total. The van der Waals surface area contributed by atoms with Crippen molar-refractivity contribution in [2.45, 2.75) is 39.5 Å². The number of ether oxygens (including phenoxy) is 1. The number of carbonyl (C=O) groups is 2. The number of aromatic nitrogens is 3.